The van der Waals surface area contributed by atoms with E-state index in [1.165, 1.54) is 0 Å². The average Bonchev–Trinajstić information content (AvgIpc) is 2.63. The van der Waals surface area contributed by atoms with Gasteiger partial charge < -0.3 is 14.8 Å². The number of unbranched alkanes of at least 4 members (excludes halogenated alkanes) is 3. The first-order chi connectivity index (χ1) is 12.5. The van der Waals surface area contributed by atoms with E-state index in [2.05, 4.69) is 25.2 Å². The van der Waals surface area contributed by atoms with Gasteiger partial charge in [-0.1, -0.05) is 39.5 Å². The molecule has 1 atom stereocenters. The first kappa shape index (κ1) is 22.0. The van der Waals surface area contributed by atoms with Gasteiger partial charge in [0.1, 0.15) is 17.4 Å². The Morgan fingerprint density at radius 2 is 1.92 bits per heavy atom. The van der Waals surface area contributed by atoms with Gasteiger partial charge in [0.15, 0.2) is 0 Å². The Hall–Kier alpha value is -2.06. The van der Waals surface area contributed by atoms with Crippen molar-refractivity contribution in [1.29, 1.82) is 5.26 Å². The number of carbonyl (C=O) groups is 1. The summed E-state index contributed by atoms with van der Waals surface area (Å²) >= 11 is 0. The number of benzene rings is 1. The third kappa shape index (κ3) is 6.68. The molecule has 0 fully saturated rings. The molecular weight excluding hydrogens is 328 g/mol. The fourth-order valence-corrected chi connectivity index (χ4v) is 2.69. The minimum absolute atomic E-state index is 0.181. The standard InChI is InChI=1S/C21H32N2O3/c1-5-8-10-13-21(4,26-7-3)20(24)23-18-11-12-19(17(15-18)16-22)25-14-9-6-2/h11-12,15H,5-10,13-14H2,1-4H3,(H,23,24)/t21-/m0/s1. The van der Waals surface area contributed by atoms with Crippen molar-refractivity contribution in [2.45, 2.75) is 71.8 Å². The molecule has 0 bridgehead atoms. The van der Waals surface area contributed by atoms with Crippen molar-refractivity contribution >= 4 is 11.6 Å². The summed E-state index contributed by atoms with van der Waals surface area (Å²) in [7, 11) is 0. The maximum absolute atomic E-state index is 12.8. The van der Waals surface area contributed by atoms with Crippen LogP contribution in [0.3, 0.4) is 0 Å². The first-order valence-corrected chi connectivity index (χ1v) is 9.63. The second kappa shape index (κ2) is 11.5. The van der Waals surface area contributed by atoms with Gasteiger partial charge in [-0.2, -0.15) is 5.26 Å². The smallest absolute Gasteiger partial charge is 0.256 e. The molecule has 5 heteroatoms. The molecule has 1 N–H and O–H groups in total. The zero-order valence-corrected chi connectivity index (χ0v) is 16.6. The minimum Gasteiger partial charge on any atom is -0.492 e. The number of rotatable bonds is 12. The summed E-state index contributed by atoms with van der Waals surface area (Å²) in [5.74, 6) is 0.369. The van der Waals surface area contributed by atoms with Crippen LogP contribution in [-0.2, 0) is 9.53 Å². The molecule has 1 aromatic rings. The van der Waals surface area contributed by atoms with Crippen molar-refractivity contribution in [3.8, 4) is 11.8 Å². The molecule has 0 unspecified atom stereocenters. The number of amides is 1. The van der Waals surface area contributed by atoms with Gasteiger partial charge in [0.05, 0.1) is 12.2 Å². The van der Waals surface area contributed by atoms with E-state index in [1.54, 1.807) is 18.2 Å². The topological polar surface area (TPSA) is 71.3 Å². The maximum Gasteiger partial charge on any atom is 0.256 e. The third-order valence-corrected chi connectivity index (χ3v) is 4.31. The van der Waals surface area contributed by atoms with Crippen molar-refractivity contribution in [1.82, 2.24) is 0 Å². The van der Waals surface area contributed by atoms with Gasteiger partial charge in [-0.3, -0.25) is 4.79 Å². The van der Waals surface area contributed by atoms with E-state index in [9.17, 15) is 10.1 Å². The van der Waals surface area contributed by atoms with Crippen molar-refractivity contribution in [3.63, 3.8) is 0 Å². The number of nitrogens with one attached hydrogen (secondary N) is 1. The molecular formula is C21H32N2O3. The normalized spacial score (nSPS) is 12.9. The van der Waals surface area contributed by atoms with Crippen LogP contribution in [0, 0.1) is 11.3 Å². The summed E-state index contributed by atoms with van der Waals surface area (Å²) < 4.78 is 11.4. The number of ether oxygens (including phenoxy) is 2. The lowest BCUT2D eigenvalue weighted by Gasteiger charge is -2.28. The Bertz CT molecular complexity index is 610. The molecule has 0 radical (unpaired) electrons. The van der Waals surface area contributed by atoms with Crippen LogP contribution in [0.25, 0.3) is 0 Å². The largest absolute Gasteiger partial charge is 0.492 e. The molecule has 0 aliphatic heterocycles. The number of nitrogens with zero attached hydrogens (tertiary/aromatic N) is 1. The van der Waals surface area contributed by atoms with E-state index >= 15 is 0 Å². The molecule has 1 aromatic carbocycles. The Kier molecular flexibility index (Phi) is 9.75. The van der Waals surface area contributed by atoms with E-state index in [0.29, 0.717) is 36.6 Å². The lowest BCUT2D eigenvalue weighted by Crippen LogP contribution is -2.42. The molecule has 0 spiro atoms. The highest BCUT2D eigenvalue weighted by Crippen LogP contribution is 2.25. The van der Waals surface area contributed by atoms with Gasteiger partial charge in [0.25, 0.3) is 5.91 Å². The second-order valence-electron chi connectivity index (χ2n) is 6.60. The molecule has 144 valence electrons. The van der Waals surface area contributed by atoms with Crippen molar-refractivity contribution in [3.05, 3.63) is 23.8 Å². The molecule has 0 saturated heterocycles. The highest BCUT2D eigenvalue weighted by Gasteiger charge is 2.33. The van der Waals surface area contributed by atoms with Crippen molar-refractivity contribution in [2.24, 2.45) is 0 Å². The molecule has 0 aliphatic carbocycles. The molecule has 0 heterocycles. The van der Waals surface area contributed by atoms with Crippen LogP contribution in [-0.4, -0.2) is 24.7 Å². The Morgan fingerprint density at radius 1 is 1.19 bits per heavy atom. The monoisotopic (exact) mass is 360 g/mol. The summed E-state index contributed by atoms with van der Waals surface area (Å²) in [5, 5.41) is 12.2. The zero-order valence-electron chi connectivity index (χ0n) is 16.6. The molecule has 0 aliphatic rings. The van der Waals surface area contributed by atoms with E-state index in [1.807, 2.05) is 13.8 Å². The van der Waals surface area contributed by atoms with Gasteiger partial charge in [0.2, 0.25) is 0 Å². The minimum atomic E-state index is -0.868. The lowest BCUT2D eigenvalue weighted by atomic mass is 9.96. The van der Waals surface area contributed by atoms with E-state index in [4.69, 9.17) is 9.47 Å². The first-order valence-electron chi connectivity index (χ1n) is 9.63. The number of hydrogen-bond acceptors (Lipinski definition) is 4. The van der Waals surface area contributed by atoms with Gasteiger partial charge in [0, 0.05) is 12.3 Å². The van der Waals surface area contributed by atoms with E-state index in [-0.39, 0.29) is 5.91 Å². The number of nitriles is 1. The van der Waals surface area contributed by atoms with Crippen LogP contribution in [0.4, 0.5) is 5.69 Å². The highest BCUT2D eigenvalue weighted by atomic mass is 16.5. The van der Waals surface area contributed by atoms with E-state index in [0.717, 1.165) is 32.1 Å². The van der Waals surface area contributed by atoms with Gasteiger partial charge in [-0.05, 0) is 44.9 Å². The summed E-state index contributed by atoms with van der Waals surface area (Å²) in [6.45, 7) is 8.99. The van der Waals surface area contributed by atoms with Crippen LogP contribution in [0.1, 0.15) is 71.8 Å². The molecule has 0 aromatic heterocycles. The van der Waals surface area contributed by atoms with Crippen LogP contribution in [0.15, 0.2) is 18.2 Å². The molecule has 1 amide bonds. The quantitative estimate of drug-likeness (QED) is 0.529. The second-order valence-corrected chi connectivity index (χ2v) is 6.60. The van der Waals surface area contributed by atoms with Crippen LogP contribution in [0.5, 0.6) is 5.75 Å². The molecule has 1 rings (SSSR count). The summed E-state index contributed by atoms with van der Waals surface area (Å²) in [6.07, 6.45) is 5.74. The molecule has 26 heavy (non-hydrogen) atoms. The lowest BCUT2D eigenvalue weighted by molar-refractivity contribution is -0.139. The fourth-order valence-electron chi connectivity index (χ4n) is 2.69. The number of anilines is 1. The summed E-state index contributed by atoms with van der Waals surface area (Å²) in [5.41, 5.74) is 0.131. The fraction of sp³-hybridized carbons (Fsp3) is 0.619. The Balaban J connectivity index is 2.84. The SMILES string of the molecule is CCCCC[C@](C)(OCC)C(=O)Nc1ccc(OCCCC)c(C#N)c1. The van der Waals surface area contributed by atoms with Crippen LogP contribution < -0.4 is 10.1 Å². The summed E-state index contributed by atoms with van der Waals surface area (Å²) in [4.78, 5) is 12.8. The van der Waals surface area contributed by atoms with Crippen molar-refractivity contribution in [2.75, 3.05) is 18.5 Å². The average molecular weight is 360 g/mol. The van der Waals surface area contributed by atoms with E-state index < -0.39 is 5.60 Å². The van der Waals surface area contributed by atoms with Crippen LogP contribution in [0.2, 0.25) is 0 Å². The summed E-state index contributed by atoms with van der Waals surface area (Å²) in [6, 6.07) is 7.28. The molecule has 0 saturated carbocycles. The number of carbonyl (C=O) groups excluding carboxylic acids is 1. The van der Waals surface area contributed by atoms with Crippen LogP contribution >= 0.6 is 0 Å². The van der Waals surface area contributed by atoms with Gasteiger partial charge >= 0.3 is 0 Å². The maximum atomic E-state index is 12.8. The predicted molar refractivity (Wildman–Crippen MR) is 104 cm³/mol. The van der Waals surface area contributed by atoms with Gasteiger partial charge in [-0.25, -0.2) is 0 Å². The third-order valence-electron chi connectivity index (χ3n) is 4.31. The predicted octanol–water partition coefficient (Wildman–Crippen LogP) is 5.05. The van der Waals surface area contributed by atoms with Crippen molar-refractivity contribution < 1.29 is 14.3 Å². The van der Waals surface area contributed by atoms with Gasteiger partial charge in [-0.15, -0.1) is 0 Å². The Labute approximate surface area is 157 Å². The number of hydrogen-bond donors (Lipinski definition) is 1. The molecule has 5 nitrogen and oxygen atoms in total. The Morgan fingerprint density at radius 3 is 2.54 bits per heavy atom. The highest BCUT2D eigenvalue weighted by molar-refractivity contribution is 5.97. The zero-order chi connectivity index (χ0) is 19.4.